The number of allylic oxidation sites excluding steroid dienone is 2. The lowest BCUT2D eigenvalue weighted by Gasteiger charge is -2.19. The number of aryl methyl sites for hydroxylation is 1. The second kappa shape index (κ2) is 15.9. The molecule has 0 spiro atoms. The van der Waals surface area contributed by atoms with Gasteiger partial charge in [0.15, 0.2) is 11.5 Å². The average Bonchev–Trinajstić information content (AvgIpc) is 3.10. The largest absolute Gasteiger partial charge is 0.508 e. The van der Waals surface area contributed by atoms with E-state index in [4.69, 9.17) is 0 Å². The van der Waals surface area contributed by atoms with E-state index in [1.54, 1.807) is 12.1 Å². The molecule has 2 aromatic carbocycles. The lowest BCUT2D eigenvalue weighted by molar-refractivity contribution is -0.284. The fourth-order valence-corrected chi connectivity index (χ4v) is 6.63. The number of aromatic hydroxyl groups is 3. The monoisotopic (exact) mass is 631 g/mol. The predicted molar refractivity (Wildman–Crippen MR) is 161 cm³/mol. The van der Waals surface area contributed by atoms with Gasteiger partial charge in [-0.15, -0.1) is 0 Å². The molecule has 1 atom stereocenters. The first-order valence-electron chi connectivity index (χ1n) is 14.8. The van der Waals surface area contributed by atoms with Gasteiger partial charge in [0.05, 0.1) is 0 Å². The van der Waals surface area contributed by atoms with Crippen LogP contribution in [0.15, 0.2) is 36.4 Å². The second-order valence-corrected chi connectivity index (χ2v) is 13.0. The molecule has 2 aromatic rings. The van der Waals surface area contributed by atoms with Crippen LogP contribution in [0.5, 0.6) is 17.2 Å². The zero-order valence-corrected chi connectivity index (χ0v) is 25.4. The Morgan fingerprint density at radius 3 is 2.23 bits per heavy atom. The number of fused-ring (bicyclic) bond motifs is 1. The number of hydrogen-bond acceptors (Lipinski definition) is 5. The van der Waals surface area contributed by atoms with Crippen LogP contribution in [0.3, 0.4) is 0 Å². The van der Waals surface area contributed by atoms with Gasteiger partial charge in [0.2, 0.25) is 0 Å². The lowest BCUT2D eigenvalue weighted by atomic mass is 9.89. The van der Waals surface area contributed by atoms with Crippen LogP contribution in [0.25, 0.3) is 11.1 Å². The maximum absolute atomic E-state index is 13.0. The van der Waals surface area contributed by atoms with Crippen molar-refractivity contribution >= 4 is 21.9 Å². The van der Waals surface area contributed by atoms with Crippen LogP contribution in [0.1, 0.15) is 80.9 Å². The number of phenolic OH excluding ortho intramolecular Hbond substituents is 3. The third-order valence-electron chi connectivity index (χ3n) is 7.88. The SMILES string of the molecule is CN(CCCCCCC1=C(c2ccc(O)c(O)c2)CCCc2cc(O)ccc21)CCCS(=O)CCCC(F)(F)C(F)(F)F. The van der Waals surface area contributed by atoms with E-state index < -0.39 is 35.7 Å². The van der Waals surface area contributed by atoms with E-state index in [0.29, 0.717) is 13.0 Å². The molecule has 0 aliphatic heterocycles. The molecule has 43 heavy (non-hydrogen) atoms. The lowest BCUT2D eigenvalue weighted by Crippen LogP contribution is -2.36. The quantitative estimate of drug-likeness (QED) is 0.0993. The highest BCUT2D eigenvalue weighted by Crippen LogP contribution is 2.41. The molecule has 0 heterocycles. The minimum Gasteiger partial charge on any atom is -0.508 e. The molecule has 5 nitrogen and oxygen atoms in total. The van der Waals surface area contributed by atoms with Crippen molar-refractivity contribution in [2.45, 2.75) is 82.7 Å². The zero-order valence-electron chi connectivity index (χ0n) is 24.6. The van der Waals surface area contributed by atoms with Gasteiger partial charge in [-0.1, -0.05) is 25.0 Å². The Labute approximate surface area is 252 Å². The molecule has 0 aromatic heterocycles. The van der Waals surface area contributed by atoms with E-state index in [1.165, 1.54) is 11.6 Å². The Balaban J connectivity index is 1.43. The Morgan fingerprint density at radius 1 is 0.814 bits per heavy atom. The molecule has 1 aliphatic rings. The molecule has 0 fully saturated rings. The minimum atomic E-state index is -5.57. The number of hydrogen-bond donors (Lipinski definition) is 3. The minimum absolute atomic E-state index is 0.152. The third-order valence-corrected chi connectivity index (χ3v) is 9.37. The number of phenols is 3. The van der Waals surface area contributed by atoms with E-state index in [9.17, 15) is 41.5 Å². The highest BCUT2D eigenvalue weighted by atomic mass is 32.2. The first-order chi connectivity index (χ1) is 20.3. The topological polar surface area (TPSA) is 81.0 Å². The molecule has 3 N–H and O–H groups in total. The highest BCUT2D eigenvalue weighted by molar-refractivity contribution is 7.84. The van der Waals surface area contributed by atoms with Crippen LogP contribution < -0.4 is 0 Å². The molecular formula is C32H42F5NO4S. The summed E-state index contributed by atoms with van der Waals surface area (Å²) in [4.78, 5) is 2.11. The third kappa shape index (κ3) is 10.5. The molecular weight excluding hydrogens is 589 g/mol. The van der Waals surface area contributed by atoms with E-state index in [1.807, 2.05) is 25.2 Å². The van der Waals surface area contributed by atoms with Crippen molar-refractivity contribution in [1.82, 2.24) is 4.90 Å². The van der Waals surface area contributed by atoms with Gasteiger partial charge < -0.3 is 20.2 Å². The first kappa shape index (κ1) is 34.8. The summed E-state index contributed by atoms with van der Waals surface area (Å²) in [6, 6.07) is 10.4. The molecule has 0 saturated heterocycles. The van der Waals surface area contributed by atoms with Gasteiger partial charge >= 0.3 is 12.1 Å². The van der Waals surface area contributed by atoms with E-state index in [-0.39, 0.29) is 28.8 Å². The van der Waals surface area contributed by atoms with Gasteiger partial charge in [0.25, 0.3) is 0 Å². The smallest absolute Gasteiger partial charge is 0.453 e. The van der Waals surface area contributed by atoms with Gasteiger partial charge in [-0.25, -0.2) is 0 Å². The Morgan fingerprint density at radius 2 is 1.51 bits per heavy atom. The molecule has 11 heteroatoms. The van der Waals surface area contributed by atoms with E-state index >= 15 is 0 Å². The maximum Gasteiger partial charge on any atom is 0.453 e. The van der Waals surface area contributed by atoms with Crippen molar-refractivity contribution in [3.63, 3.8) is 0 Å². The Bertz CT molecular complexity index is 1260. The van der Waals surface area contributed by atoms with Crippen LogP contribution in [-0.2, 0) is 17.2 Å². The number of unbranched alkanes of at least 4 members (excludes halogenated alkanes) is 3. The second-order valence-electron chi connectivity index (χ2n) is 11.3. The fourth-order valence-electron chi connectivity index (χ4n) is 5.51. The molecule has 3 rings (SSSR count). The maximum atomic E-state index is 13.0. The van der Waals surface area contributed by atoms with Crippen molar-refractivity contribution in [2.75, 3.05) is 31.6 Å². The van der Waals surface area contributed by atoms with Gasteiger partial charge in [0.1, 0.15) is 5.75 Å². The Kier molecular flexibility index (Phi) is 12.9. The van der Waals surface area contributed by atoms with Crippen LogP contribution in [0.4, 0.5) is 22.0 Å². The van der Waals surface area contributed by atoms with Gasteiger partial charge in [0, 0.05) is 28.7 Å². The molecule has 1 unspecified atom stereocenters. The van der Waals surface area contributed by atoms with Gasteiger partial charge in [-0.2, -0.15) is 22.0 Å². The van der Waals surface area contributed by atoms with Crippen LogP contribution >= 0.6 is 0 Å². The summed E-state index contributed by atoms with van der Waals surface area (Å²) < 4.78 is 74.7. The van der Waals surface area contributed by atoms with Crippen LogP contribution in [-0.4, -0.2) is 68.2 Å². The van der Waals surface area contributed by atoms with E-state index in [0.717, 1.165) is 80.2 Å². The summed E-state index contributed by atoms with van der Waals surface area (Å²) in [5.74, 6) is -4.69. The zero-order chi connectivity index (χ0) is 31.6. The Hall–Kier alpha value is -2.66. The van der Waals surface area contributed by atoms with Crippen molar-refractivity contribution in [2.24, 2.45) is 0 Å². The number of alkyl halides is 5. The van der Waals surface area contributed by atoms with Gasteiger partial charge in [-0.3, -0.25) is 4.21 Å². The van der Waals surface area contributed by atoms with Gasteiger partial charge in [-0.05, 0) is 124 Å². The highest BCUT2D eigenvalue weighted by Gasteiger charge is 2.56. The summed E-state index contributed by atoms with van der Waals surface area (Å²) in [6.45, 7) is 1.51. The molecule has 240 valence electrons. The standard InChI is InChI=1S/C32H42F5NO4S/c1-38(18-8-20-43(42)19-7-16-31(33,34)32(35,36)37)17-5-3-2-4-10-28-26(24-12-15-29(40)30(41)22-24)11-6-9-23-21-25(39)13-14-27(23)28/h12-15,21-22,39-41H,2-11,16-20H2,1H3. The number of rotatable bonds is 16. The van der Waals surface area contributed by atoms with Crippen molar-refractivity contribution in [3.05, 3.63) is 53.1 Å². The van der Waals surface area contributed by atoms with E-state index in [2.05, 4.69) is 4.90 Å². The van der Waals surface area contributed by atoms with Crippen molar-refractivity contribution in [3.8, 4) is 17.2 Å². The summed E-state index contributed by atoms with van der Waals surface area (Å²) in [5.41, 5.74) is 5.45. The van der Waals surface area contributed by atoms with Crippen LogP contribution in [0.2, 0.25) is 0 Å². The summed E-state index contributed by atoms with van der Waals surface area (Å²) in [5, 5.41) is 30.0. The fraction of sp³-hybridized carbons (Fsp3) is 0.562. The molecule has 1 aliphatic carbocycles. The number of benzene rings is 2. The number of nitrogens with zero attached hydrogens (tertiary/aromatic N) is 1. The number of halogens is 5. The summed E-state index contributed by atoms with van der Waals surface area (Å²) in [6.07, 6.45) is 0.596. The summed E-state index contributed by atoms with van der Waals surface area (Å²) in [7, 11) is 0.533. The summed E-state index contributed by atoms with van der Waals surface area (Å²) >= 11 is 0. The molecule has 0 radical (unpaired) electrons. The molecule has 0 bridgehead atoms. The van der Waals surface area contributed by atoms with Crippen molar-refractivity contribution in [1.29, 1.82) is 0 Å². The van der Waals surface area contributed by atoms with Crippen molar-refractivity contribution < 1.29 is 41.5 Å². The predicted octanol–water partition coefficient (Wildman–Crippen LogP) is 8.05. The molecule has 0 amide bonds. The normalized spacial score (nSPS) is 15.0. The van der Waals surface area contributed by atoms with Crippen LogP contribution in [0, 0.1) is 0 Å². The average molecular weight is 632 g/mol. The molecule has 0 saturated carbocycles. The first-order valence-corrected chi connectivity index (χ1v) is 16.3.